The first kappa shape index (κ1) is 12.1. The zero-order chi connectivity index (χ0) is 13.3. The number of benzene rings is 1. The molecule has 1 aromatic heterocycles. The summed E-state index contributed by atoms with van der Waals surface area (Å²) in [5, 5.41) is 0. The Kier molecular flexibility index (Phi) is 2.91. The van der Waals surface area contributed by atoms with E-state index >= 15 is 0 Å². The molecule has 3 heteroatoms. The summed E-state index contributed by atoms with van der Waals surface area (Å²) < 4.78 is 0. The molecule has 1 fully saturated rings. The van der Waals surface area contributed by atoms with E-state index in [9.17, 15) is 4.79 Å². The molecular weight excluding hydrogens is 236 g/mol. The van der Waals surface area contributed by atoms with Gasteiger partial charge in [0.2, 0.25) is 5.78 Å². The second-order valence-electron chi connectivity index (χ2n) is 5.11. The molecule has 2 N–H and O–H groups in total. The van der Waals surface area contributed by atoms with Gasteiger partial charge in [0.15, 0.2) is 0 Å². The highest BCUT2D eigenvalue weighted by atomic mass is 16.1. The van der Waals surface area contributed by atoms with E-state index in [0.29, 0.717) is 17.8 Å². The molecule has 1 aliphatic carbocycles. The molecule has 19 heavy (non-hydrogen) atoms. The summed E-state index contributed by atoms with van der Waals surface area (Å²) in [6.07, 6.45) is 3.93. The first-order valence-electron chi connectivity index (χ1n) is 6.51. The Hall–Kier alpha value is -2.00. The number of pyridine rings is 1. The summed E-state index contributed by atoms with van der Waals surface area (Å²) >= 11 is 0. The normalized spacial score (nSPS) is 16.1. The van der Waals surface area contributed by atoms with Gasteiger partial charge in [0, 0.05) is 23.7 Å². The maximum absolute atomic E-state index is 12.2. The second kappa shape index (κ2) is 4.59. The van der Waals surface area contributed by atoms with Gasteiger partial charge < -0.3 is 5.73 Å². The van der Waals surface area contributed by atoms with E-state index in [-0.39, 0.29) is 11.2 Å². The predicted molar refractivity (Wildman–Crippen MR) is 74.1 cm³/mol. The van der Waals surface area contributed by atoms with Crippen LogP contribution in [-0.2, 0) is 5.41 Å². The van der Waals surface area contributed by atoms with Crippen molar-refractivity contribution in [1.82, 2.24) is 4.98 Å². The van der Waals surface area contributed by atoms with Gasteiger partial charge in [-0.1, -0.05) is 30.3 Å². The Bertz CT molecular complexity index is 586. The summed E-state index contributed by atoms with van der Waals surface area (Å²) in [4.78, 5) is 16.3. The number of carbonyl (C=O) groups is 1. The fraction of sp³-hybridized carbons (Fsp3) is 0.250. The molecule has 1 aliphatic rings. The zero-order valence-corrected chi connectivity index (χ0v) is 10.7. The van der Waals surface area contributed by atoms with Gasteiger partial charge in [0.05, 0.1) is 0 Å². The van der Waals surface area contributed by atoms with Crippen LogP contribution in [0.1, 0.15) is 34.5 Å². The van der Waals surface area contributed by atoms with Crippen molar-refractivity contribution in [3.63, 3.8) is 0 Å². The molecule has 1 saturated carbocycles. The van der Waals surface area contributed by atoms with Crippen molar-refractivity contribution in [1.29, 1.82) is 0 Å². The van der Waals surface area contributed by atoms with E-state index in [2.05, 4.69) is 4.98 Å². The molecule has 0 unspecified atom stereocenters. The minimum absolute atomic E-state index is 0.0373. The van der Waals surface area contributed by atoms with Crippen LogP contribution in [-0.4, -0.2) is 17.3 Å². The minimum atomic E-state index is -0.0373. The summed E-state index contributed by atoms with van der Waals surface area (Å²) in [6, 6.07) is 13.2. The summed E-state index contributed by atoms with van der Waals surface area (Å²) in [5.74, 6) is -0.0373. The molecule has 0 aliphatic heterocycles. The monoisotopic (exact) mass is 252 g/mol. The maximum Gasteiger partial charge on any atom is 0.211 e. The second-order valence-corrected chi connectivity index (χ2v) is 5.11. The number of nitrogens with zero attached hydrogens (tertiary/aromatic N) is 1. The molecule has 0 amide bonds. The number of ketones is 1. The summed E-state index contributed by atoms with van der Waals surface area (Å²) in [6.45, 7) is 0.681. The maximum atomic E-state index is 12.2. The van der Waals surface area contributed by atoms with Crippen molar-refractivity contribution >= 4 is 5.78 Å². The van der Waals surface area contributed by atoms with Crippen molar-refractivity contribution in [2.75, 3.05) is 6.54 Å². The van der Waals surface area contributed by atoms with Gasteiger partial charge in [-0.25, -0.2) is 0 Å². The van der Waals surface area contributed by atoms with Crippen LogP contribution in [0.2, 0.25) is 0 Å². The van der Waals surface area contributed by atoms with Crippen LogP contribution >= 0.6 is 0 Å². The Morgan fingerprint density at radius 3 is 2.42 bits per heavy atom. The van der Waals surface area contributed by atoms with E-state index in [0.717, 1.165) is 12.8 Å². The smallest absolute Gasteiger partial charge is 0.211 e. The van der Waals surface area contributed by atoms with E-state index in [1.165, 1.54) is 5.56 Å². The number of nitrogens with two attached hydrogens (primary N) is 1. The lowest BCUT2D eigenvalue weighted by molar-refractivity contribution is 0.103. The topological polar surface area (TPSA) is 56.0 Å². The minimum Gasteiger partial charge on any atom is -0.330 e. The van der Waals surface area contributed by atoms with Crippen LogP contribution < -0.4 is 5.73 Å². The van der Waals surface area contributed by atoms with Crippen LogP contribution in [0.4, 0.5) is 0 Å². The van der Waals surface area contributed by atoms with Crippen LogP contribution in [0.3, 0.4) is 0 Å². The van der Waals surface area contributed by atoms with Gasteiger partial charge in [0.25, 0.3) is 0 Å². The lowest BCUT2D eigenvalue weighted by Crippen LogP contribution is -2.19. The molecule has 0 bridgehead atoms. The molecule has 3 nitrogen and oxygen atoms in total. The van der Waals surface area contributed by atoms with Crippen LogP contribution in [0.5, 0.6) is 0 Å². The molecule has 96 valence electrons. The fourth-order valence-corrected chi connectivity index (χ4v) is 2.38. The molecular formula is C16H16N2O. The predicted octanol–water partition coefficient (Wildman–Crippen LogP) is 2.30. The summed E-state index contributed by atoms with van der Waals surface area (Å²) in [5.41, 5.74) is 8.39. The van der Waals surface area contributed by atoms with Crippen molar-refractivity contribution < 1.29 is 4.79 Å². The van der Waals surface area contributed by atoms with Crippen LogP contribution in [0.15, 0.2) is 48.7 Å². The zero-order valence-electron chi connectivity index (χ0n) is 10.7. The van der Waals surface area contributed by atoms with Gasteiger partial charge in [-0.05, 0) is 30.5 Å². The molecule has 0 spiro atoms. The van der Waals surface area contributed by atoms with E-state index in [4.69, 9.17) is 5.73 Å². The number of aromatic nitrogens is 1. The van der Waals surface area contributed by atoms with E-state index < -0.39 is 0 Å². The fourth-order valence-electron chi connectivity index (χ4n) is 2.38. The quantitative estimate of drug-likeness (QED) is 0.849. The number of hydrogen-bond acceptors (Lipinski definition) is 3. The van der Waals surface area contributed by atoms with Gasteiger partial charge in [-0.15, -0.1) is 0 Å². The SMILES string of the molecule is NCC1(c2ccc(C(=O)c3ccccn3)cc2)CC1. The number of carbonyl (C=O) groups excluding carboxylic acids is 1. The van der Waals surface area contributed by atoms with Crippen molar-refractivity contribution in [2.24, 2.45) is 5.73 Å². The Labute approximate surface area is 112 Å². The molecule has 1 aromatic carbocycles. The van der Waals surface area contributed by atoms with Gasteiger partial charge in [-0.2, -0.15) is 0 Å². The molecule has 1 heterocycles. The average Bonchev–Trinajstić information content (AvgIpc) is 3.29. The van der Waals surface area contributed by atoms with Crippen molar-refractivity contribution in [2.45, 2.75) is 18.3 Å². The first-order chi connectivity index (χ1) is 9.25. The molecule has 0 radical (unpaired) electrons. The van der Waals surface area contributed by atoms with Crippen molar-refractivity contribution in [3.8, 4) is 0 Å². The third-order valence-corrected chi connectivity index (χ3v) is 3.90. The first-order valence-corrected chi connectivity index (χ1v) is 6.51. The van der Waals surface area contributed by atoms with Crippen LogP contribution in [0, 0.1) is 0 Å². The molecule has 0 saturated heterocycles. The van der Waals surface area contributed by atoms with Crippen LogP contribution in [0.25, 0.3) is 0 Å². The largest absolute Gasteiger partial charge is 0.330 e. The lowest BCUT2D eigenvalue weighted by Gasteiger charge is -2.12. The Balaban J connectivity index is 1.85. The molecule has 3 rings (SSSR count). The highest BCUT2D eigenvalue weighted by Gasteiger charge is 2.42. The average molecular weight is 252 g/mol. The molecule has 0 atom stereocenters. The highest BCUT2D eigenvalue weighted by molar-refractivity contribution is 6.07. The van der Waals surface area contributed by atoms with E-state index in [1.807, 2.05) is 30.3 Å². The number of hydrogen-bond donors (Lipinski definition) is 1. The highest BCUT2D eigenvalue weighted by Crippen LogP contribution is 2.47. The Morgan fingerprint density at radius 1 is 1.16 bits per heavy atom. The lowest BCUT2D eigenvalue weighted by atomic mass is 9.94. The van der Waals surface area contributed by atoms with Gasteiger partial charge in [0.1, 0.15) is 5.69 Å². The van der Waals surface area contributed by atoms with Gasteiger partial charge >= 0.3 is 0 Å². The van der Waals surface area contributed by atoms with Crippen molar-refractivity contribution in [3.05, 3.63) is 65.5 Å². The Morgan fingerprint density at radius 2 is 1.89 bits per heavy atom. The molecule has 2 aromatic rings. The third-order valence-electron chi connectivity index (χ3n) is 3.90. The van der Waals surface area contributed by atoms with Gasteiger partial charge in [-0.3, -0.25) is 9.78 Å². The standard InChI is InChI=1S/C16H16N2O/c17-11-16(8-9-16)13-6-4-12(5-7-13)15(19)14-3-1-2-10-18-14/h1-7,10H,8-9,11,17H2. The summed E-state index contributed by atoms with van der Waals surface area (Å²) in [7, 11) is 0. The van der Waals surface area contributed by atoms with E-state index in [1.54, 1.807) is 18.3 Å². The third kappa shape index (κ3) is 2.17. The number of rotatable bonds is 4.